The third-order valence-corrected chi connectivity index (χ3v) is 4.90. The minimum atomic E-state index is -0.516. The molecule has 0 aliphatic carbocycles. The van der Waals surface area contributed by atoms with Crippen molar-refractivity contribution in [2.75, 3.05) is 26.2 Å². The number of H-pyrrole nitrogens is 1. The van der Waals surface area contributed by atoms with Crippen molar-refractivity contribution < 1.29 is 14.5 Å². The van der Waals surface area contributed by atoms with E-state index in [0.717, 1.165) is 24.0 Å². The summed E-state index contributed by atoms with van der Waals surface area (Å²) in [4.78, 5) is 26.3. The Hall–Kier alpha value is -3.06. The molecule has 138 valence electrons. The summed E-state index contributed by atoms with van der Waals surface area (Å²) in [5, 5.41) is 10.1. The van der Waals surface area contributed by atoms with E-state index in [0.29, 0.717) is 30.6 Å². The second kappa shape index (κ2) is 7.28. The molecule has 6 nitrogen and oxygen atoms in total. The van der Waals surface area contributed by atoms with Gasteiger partial charge in [-0.1, -0.05) is 24.3 Å². The standard InChI is InChI=1S/C20H19FN4O2/c21-17-6-5-13(11-16(17)20(27)25-9-7-22-8-10-25)12-18-14-3-1-2-4-15(14)19(26)24-23-18/h1-6,11,22H,7-10,12H2,(H,24,26)/p+1. The minimum Gasteiger partial charge on any atom is -0.343 e. The van der Waals surface area contributed by atoms with Crippen LogP contribution in [0.2, 0.25) is 0 Å². The number of nitrogens with zero attached hydrogens (tertiary/aromatic N) is 2. The molecule has 1 aliphatic rings. The molecule has 0 radical (unpaired) electrons. The maximum Gasteiger partial charge on any atom is 0.272 e. The number of piperazine rings is 1. The smallest absolute Gasteiger partial charge is 0.272 e. The first-order valence-corrected chi connectivity index (χ1v) is 8.99. The van der Waals surface area contributed by atoms with Gasteiger partial charge in [0, 0.05) is 11.8 Å². The Morgan fingerprint density at radius 3 is 2.67 bits per heavy atom. The van der Waals surface area contributed by atoms with Crippen molar-refractivity contribution in [3.05, 3.63) is 75.5 Å². The number of fused-ring (bicyclic) bond motifs is 1. The summed E-state index contributed by atoms with van der Waals surface area (Å²) >= 11 is 0. The maximum atomic E-state index is 14.3. The fourth-order valence-corrected chi connectivity index (χ4v) is 3.47. The highest BCUT2D eigenvalue weighted by molar-refractivity contribution is 5.94. The Morgan fingerprint density at radius 2 is 1.89 bits per heavy atom. The number of nitrogens with one attached hydrogen (secondary N) is 1. The lowest BCUT2D eigenvalue weighted by molar-refractivity contribution is -0.661. The van der Waals surface area contributed by atoms with Crippen LogP contribution in [0.1, 0.15) is 21.6 Å². The zero-order chi connectivity index (χ0) is 18.8. The van der Waals surface area contributed by atoms with Crippen molar-refractivity contribution in [2.24, 2.45) is 0 Å². The minimum absolute atomic E-state index is 0.0862. The fourth-order valence-electron chi connectivity index (χ4n) is 3.47. The van der Waals surface area contributed by atoms with Crippen molar-refractivity contribution in [3.63, 3.8) is 0 Å². The molecule has 7 heteroatoms. The maximum absolute atomic E-state index is 14.3. The summed E-state index contributed by atoms with van der Waals surface area (Å²) in [7, 11) is 0. The van der Waals surface area contributed by atoms with Gasteiger partial charge in [-0.2, -0.15) is 5.10 Å². The van der Waals surface area contributed by atoms with E-state index in [-0.39, 0.29) is 17.0 Å². The van der Waals surface area contributed by atoms with Crippen molar-refractivity contribution in [1.82, 2.24) is 15.1 Å². The van der Waals surface area contributed by atoms with Gasteiger partial charge in [-0.05, 0) is 23.8 Å². The number of aromatic nitrogens is 2. The highest BCUT2D eigenvalue weighted by atomic mass is 19.1. The van der Waals surface area contributed by atoms with Crippen LogP contribution in [0.15, 0.2) is 47.3 Å². The number of hydrogen-bond donors (Lipinski definition) is 2. The number of carbonyl (C=O) groups excluding carboxylic acids is 1. The largest absolute Gasteiger partial charge is 0.343 e. The topological polar surface area (TPSA) is 82.7 Å². The normalized spacial score (nSPS) is 14.5. The third kappa shape index (κ3) is 3.46. The molecule has 1 amide bonds. The number of rotatable bonds is 3. The highest BCUT2D eigenvalue weighted by Crippen LogP contribution is 2.19. The van der Waals surface area contributed by atoms with Gasteiger partial charge in [0.1, 0.15) is 5.82 Å². The van der Waals surface area contributed by atoms with Gasteiger partial charge in [0.05, 0.1) is 42.8 Å². The van der Waals surface area contributed by atoms with E-state index >= 15 is 0 Å². The van der Waals surface area contributed by atoms with Crippen LogP contribution in [0.25, 0.3) is 10.8 Å². The van der Waals surface area contributed by atoms with Crippen LogP contribution in [0.3, 0.4) is 0 Å². The Morgan fingerprint density at radius 1 is 1.15 bits per heavy atom. The first kappa shape index (κ1) is 17.4. The number of amides is 1. The number of nitrogens with two attached hydrogens (primary N) is 1. The molecule has 0 atom stereocenters. The van der Waals surface area contributed by atoms with E-state index in [4.69, 9.17) is 0 Å². The number of quaternary nitrogens is 1. The summed E-state index contributed by atoms with van der Waals surface area (Å²) in [5.74, 6) is -0.792. The van der Waals surface area contributed by atoms with E-state index < -0.39 is 5.82 Å². The van der Waals surface area contributed by atoms with Gasteiger partial charge < -0.3 is 10.2 Å². The van der Waals surface area contributed by atoms with Gasteiger partial charge in [0.2, 0.25) is 0 Å². The molecular weight excluding hydrogens is 347 g/mol. The van der Waals surface area contributed by atoms with Gasteiger partial charge in [0.15, 0.2) is 0 Å². The van der Waals surface area contributed by atoms with Crippen molar-refractivity contribution in [3.8, 4) is 0 Å². The van der Waals surface area contributed by atoms with E-state index in [2.05, 4.69) is 15.5 Å². The lowest BCUT2D eigenvalue weighted by Gasteiger charge is -2.25. The second-order valence-electron chi connectivity index (χ2n) is 6.69. The molecule has 2 heterocycles. The molecule has 0 bridgehead atoms. The quantitative estimate of drug-likeness (QED) is 0.714. The lowest BCUT2D eigenvalue weighted by Crippen LogP contribution is -2.89. The molecule has 1 fully saturated rings. The summed E-state index contributed by atoms with van der Waals surface area (Å²) in [5.41, 5.74) is 1.30. The van der Waals surface area contributed by atoms with Gasteiger partial charge in [-0.25, -0.2) is 9.49 Å². The number of halogens is 1. The van der Waals surface area contributed by atoms with Crippen molar-refractivity contribution in [1.29, 1.82) is 0 Å². The first-order chi connectivity index (χ1) is 13.1. The Bertz CT molecular complexity index is 1060. The first-order valence-electron chi connectivity index (χ1n) is 8.99. The van der Waals surface area contributed by atoms with Crippen LogP contribution in [0.4, 0.5) is 4.39 Å². The van der Waals surface area contributed by atoms with Gasteiger partial charge in [0.25, 0.3) is 11.5 Å². The average Bonchev–Trinajstić information content (AvgIpc) is 2.72. The molecule has 4 rings (SSSR count). The molecule has 27 heavy (non-hydrogen) atoms. The molecule has 1 aromatic heterocycles. The van der Waals surface area contributed by atoms with Crippen molar-refractivity contribution in [2.45, 2.75) is 6.42 Å². The Kier molecular flexibility index (Phi) is 4.68. The van der Waals surface area contributed by atoms with Gasteiger partial charge in [-0.15, -0.1) is 0 Å². The lowest BCUT2D eigenvalue weighted by atomic mass is 10.0. The van der Waals surface area contributed by atoms with Gasteiger partial charge >= 0.3 is 0 Å². The van der Waals surface area contributed by atoms with Crippen LogP contribution in [0.5, 0.6) is 0 Å². The van der Waals surface area contributed by atoms with Crippen LogP contribution in [-0.4, -0.2) is 47.2 Å². The monoisotopic (exact) mass is 367 g/mol. The van der Waals surface area contributed by atoms with Crippen LogP contribution in [-0.2, 0) is 6.42 Å². The van der Waals surface area contributed by atoms with Crippen LogP contribution in [0, 0.1) is 5.82 Å². The number of hydrogen-bond acceptors (Lipinski definition) is 3. The molecule has 0 saturated carbocycles. The van der Waals surface area contributed by atoms with E-state index in [1.54, 1.807) is 29.2 Å². The Labute approximate surface area is 155 Å². The number of carbonyl (C=O) groups is 1. The van der Waals surface area contributed by atoms with E-state index in [1.807, 2.05) is 12.1 Å². The van der Waals surface area contributed by atoms with Crippen molar-refractivity contribution >= 4 is 16.7 Å². The molecule has 2 aromatic carbocycles. The van der Waals surface area contributed by atoms with E-state index in [1.165, 1.54) is 6.07 Å². The van der Waals surface area contributed by atoms with Crippen LogP contribution < -0.4 is 10.9 Å². The number of benzene rings is 2. The predicted octanol–water partition coefficient (Wildman–Crippen LogP) is 0.672. The summed E-state index contributed by atoms with van der Waals surface area (Å²) in [6, 6.07) is 11.8. The van der Waals surface area contributed by atoms with Gasteiger partial charge in [-0.3, -0.25) is 9.59 Å². The number of aromatic amines is 1. The molecule has 1 aliphatic heterocycles. The molecular formula is C20H20FN4O2+. The Balaban J connectivity index is 1.67. The summed E-state index contributed by atoms with van der Waals surface area (Å²) in [6.07, 6.45) is 0.394. The van der Waals surface area contributed by atoms with Crippen LogP contribution >= 0.6 is 0 Å². The molecule has 0 spiro atoms. The zero-order valence-electron chi connectivity index (χ0n) is 14.7. The average molecular weight is 367 g/mol. The molecule has 0 unspecified atom stereocenters. The highest BCUT2D eigenvalue weighted by Gasteiger charge is 2.22. The zero-order valence-corrected chi connectivity index (χ0v) is 14.7. The summed E-state index contributed by atoms with van der Waals surface area (Å²) in [6.45, 7) is 2.91. The van der Waals surface area contributed by atoms with E-state index in [9.17, 15) is 14.0 Å². The summed E-state index contributed by atoms with van der Waals surface area (Å²) < 4.78 is 14.3. The SMILES string of the molecule is O=C(c1cc(Cc2n[nH]c(=O)c3ccccc23)ccc1F)N1CC[NH2+]CC1. The fraction of sp³-hybridized carbons (Fsp3) is 0.250. The third-order valence-electron chi connectivity index (χ3n) is 4.90. The molecule has 3 N–H and O–H groups in total. The molecule has 1 saturated heterocycles. The second-order valence-corrected chi connectivity index (χ2v) is 6.69. The molecule has 3 aromatic rings. The predicted molar refractivity (Wildman–Crippen MR) is 99.1 cm³/mol.